The summed E-state index contributed by atoms with van der Waals surface area (Å²) in [7, 11) is 0. The Morgan fingerprint density at radius 1 is 1.40 bits per heavy atom. The van der Waals surface area contributed by atoms with Gasteiger partial charge in [0.15, 0.2) is 0 Å². The lowest BCUT2D eigenvalue weighted by Crippen LogP contribution is -2.36. The molecule has 20 heavy (non-hydrogen) atoms. The summed E-state index contributed by atoms with van der Waals surface area (Å²) < 4.78 is 0. The number of nitrogens with two attached hydrogens (primary N) is 1. The molecule has 7 heteroatoms. The lowest BCUT2D eigenvalue weighted by atomic mass is 10.2. The molecule has 0 spiro atoms. The average molecular weight is 293 g/mol. The van der Waals surface area contributed by atoms with Crippen LogP contribution in [0.2, 0.25) is 0 Å². The Labute approximate surface area is 121 Å². The van der Waals surface area contributed by atoms with E-state index in [1.807, 2.05) is 11.4 Å². The molecule has 0 aromatic carbocycles. The largest absolute Gasteiger partial charge is 0.395 e. The molecule has 1 aliphatic carbocycles. The Bertz CT molecular complexity index is 581. The first-order chi connectivity index (χ1) is 9.83. The second-order valence-electron chi connectivity index (χ2n) is 5.01. The third-order valence-corrected chi connectivity index (χ3v) is 4.62. The van der Waals surface area contributed by atoms with Crippen LogP contribution in [0.5, 0.6) is 0 Å². The molecule has 3 rings (SSSR count). The normalized spacial score (nSPS) is 15.9. The van der Waals surface area contributed by atoms with Crippen LogP contribution >= 0.6 is 11.3 Å². The molecule has 2 aromatic rings. The van der Waals surface area contributed by atoms with E-state index in [4.69, 9.17) is 5.84 Å². The predicted molar refractivity (Wildman–Crippen MR) is 81.9 cm³/mol. The molecule has 2 heterocycles. The molecule has 108 valence electrons. The van der Waals surface area contributed by atoms with Gasteiger partial charge in [0.05, 0.1) is 12.0 Å². The predicted octanol–water partition coefficient (Wildman–Crippen LogP) is 1.72. The Kier molecular flexibility index (Phi) is 4.00. The van der Waals surface area contributed by atoms with Crippen molar-refractivity contribution in [1.29, 1.82) is 0 Å². The maximum Gasteiger partial charge on any atom is 0.240 e. The van der Waals surface area contributed by atoms with Crippen LogP contribution < -0.4 is 16.2 Å². The molecule has 0 atom stereocenters. The number of thiophene rings is 1. The number of aliphatic hydroxyl groups is 1. The number of nitrogen functional groups attached to an aromatic ring is 1. The molecule has 2 aromatic heterocycles. The maximum atomic E-state index is 9.38. The number of nitrogens with one attached hydrogen (secondary N) is 1. The summed E-state index contributed by atoms with van der Waals surface area (Å²) in [5.74, 6) is 6.77. The van der Waals surface area contributed by atoms with Crippen LogP contribution in [0.1, 0.15) is 25.7 Å². The highest BCUT2D eigenvalue weighted by molar-refractivity contribution is 7.16. The molecular formula is C13H19N5OS. The minimum Gasteiger partial charge on any atom is -0.395 e. The van der Waals surface area contributed by atoms with Crippen molar-refractivity contribution in [3.63, 3.8) is 0 Å². The Morgan fingerprint density at radius 3 is 2.90 bits per heavy atom. The monoisotopic (exact) mass is 293 g/mol. The summed E-state index contributed by atoms with van der Waals surface area (Å²) in [6, 6.07) is 2.49. The first kappa shape index (κ1) is 13.5. The SMILES string of the molecule is NNc1nc(N(CCO)C2CCCC2)c2ccsc2n1. The van der Waals surface area contributed by atoms with Crippen LogP contribution in [0, 0.1) is 0 Å². The van der Waals surface area contributed by atoms with Crippen LogP contribution in [0.3, 0.4) is 0 Å². The van der Waals surface area contributed by atoms with Crippen LogP contribution in [0.4, 0.5) is 11.8 Å². The number of nitrogens with zero attached hydrogens (tertiary/aromatic N) is 3. The summed E-state index contributed by atoms with van der Waals surface area (Å²) >= 11 is 1.57. The van der Waals surface area contributed by atoms with E-state index in [1.165, 1.54) is 12.8 Å². The Balaban J connectivity index is 2.06. The minimum atomic E-state index is 0.123. The van der Waals surface area contributed by atoms with Gasteiger partial charge in [-0.25, -0.2) is 10.8 Å². The van der Waals surface area contributed by atoms with Crippen molar-refractivity contribution in [2.45, 2.75) is 31.7 Å². The highest BCUT2D eigenvalue weighted by Crippen LogP contribution is 2.33. The van der Waals surface area contributed by atoms with Gasteiger partial charge in [-0.1, -0.05) is 12.8 Å². The van der Waals surface area contributed by atoms with Gasteiger partial charge in [0, 0.05) is 12.6 Å². The molecule has 1 fully saturated rings. The average Bonchev–Trinajstić information content (AvgIpc) is 3.14. The fraction of sp³-hybridized carbons (Fsp3) is 0.538. The lowest BCUT2D eigenvalue weighted by Gasteiger charge is -2.30. The van der Waals surface area contributed by atoms with Crippen LogP contribution in [0.15, 0.2) is 11.4 Å². The molecular weight excluding hydrogens is 274 g/mol. The third-order valence-electron chi connectivity index (χ3n) is 3.81. The van der Waals surface area contributed by atoms with Gasteiger partial charge >= 0.3 is 0 Å². The molecule has 0 saturated heterocycles. The highest BCUT2D eigenvalue weighted by atomic mass is 32.1. The summed E-state index contributed by atoms with van der Waals surface area (Å²) in [6.07, 6.45) is 4.79. The van der Waals surface area contributed by atoms with Crippen LogP contribution in [0.25, 0.3) is 10.2 Å². The van der Waals surface area contributed by atoms with Gasteiger partial charge in [-0.15, -0.1) is 11.3 Å². The third kappa shape index (κ3) is 2.44. The van der Waals surface area contributed by atoms with Gasteiger partial charge in [-0.2, -0.15) is 4.98 Å². The van der Waals surface area contributed by atoms with E-state index in [2.05, 4.69) is 20.3 Å². The molecule has 0 aliphatic heterocycles. The standard InChI is InChI=1S/C13H19N5OS/c14-17-13-15-11(10-5-8-20-12(10)16-13)18(6-7-19)9-3-1-2-4-9/h5,8-9,19H,1-4,6-7,14H2,(H,15,16,17). The van der Waals surface area contributed by atoms with Gasteiger partial charge in [-0.3, -0.25) is 5.43 Å². The molecule has 0 radical (unpaired) electrons. The fourth-order valence-electron chi connectivity index (χ4n) is 2.91. The number of hydrogen-bond donors (Lipinski definition) is 3. The van der Waals surface area contributed by atoms with Crippen LogP contribution in [-0.4, -0.2) is 34.3 Å². The van der Waals surface area contributed by atoms with Gasteiger partial charge in [-0.05, 0) is 24.3 Å². The van der Waals surface area contributed by atoms with E-state index in [0.717, 1.165) is 28.9 Å². The first-order valence-corrected chi connectivity index (χ1v) is 7.81. The molecule has 4 N–H and O–H groups in total. The van der Waals surface area contributed by atoms with E-state index in [-0.39, 0.29) is 6.61 Å². The number of rotatable bonds is 5. The molecule has 1 aliphatic rings. The molecule has 0 unspecified atom stereocenters. The van der Waals surface area contributed by atoms with Crippen molar-refractivity contribution >= 4 is 33.3 Å². The smallest absolute Gasteiger partial charge is 0.240 e. The van der Waals surface area contributed by atoms with Crippen molar-refractivity contribution in [3.8, 4) is 0 Å². The lowest BCUT2D eigenvalue weighted by molar-refractivity contribution is 0.297. The Morgan fingerprint density at radius 2 is 2.20 bits per heavy atom. The number of hydrazine groups is 1. The molecule has 0 bridgehead atoms. The zero-order valence-electron chi connectivity index (χ0n) is 11.2. The van der Waals surface area contributed by atoms with E-state index in [0.29, 0.717) is 18.5 Å². The minimum absolute atomic E-state index is 0.123. The summed E-state index contributed by atoms with van der Waals surface area (Å²) in [6.45, 7) is 0.716. The van der Waals surface area contributed by atoms with E-state index in [9.17, 15) is 5.11 Å². The topological polar surface area (TPSA) is 87.3 Å². The zero-order valence-corrected chi connectivity index (χ0v) is 12.1. The highest BCUT2D eigenvalue weighted by Gasteiger charge is 2.25. The molecule has 6 nitrogen and oxygen atoms in total. The summed E-state index contributed by atoms with van der Waals surface area (Å²) in [5, 5.41) is 12.4. The maximum absolute atomic E-state index is 9.38. The molecule has 0 amide bonds. The number of aliphatic hydroxyl groups excluding tert-OH is 1. The Hall–Kier alpha value is -1.44. The van der Waals surface area contributed by atoms with Crippen LogP contribution in [-0.2, 0) is 0 Å². The van der Waals surface area contributed by atoms with Gasteiger partial charge < -0.3 is 10.0 Å². The molecule has 1 saturated carbocycles. The fourth-order valence-corrected chi connectivity index (χ4v) is 3.67. The van der Waals surface area contributed by atoms with E-state index >= 15 is 0 Å². The van der Waals surface area contributed by atoms with Crippen molar-refractivity contribution in [3.05, 3.63) is 11.4 Å². The van der Waals surface area contributed by atoms with Crippen molar-refractivity contribution in [1.82, 2.24) is 9.97 Å². The van der Waals surface area contributed by atoms with Gasteiger partial charge in [0.25, 0.3) is 0 Å². The summed E-state index contributed by atoms with van der Waals surface area (Å²) in [5.41, 5.74) is 2.53. The second kappa shape index (κ2) is 5.90. The number of hydrogen-bond acceptors (Lipinski definition) is 7. The van der Waals surface area contributed by atoms with Crippen molar-refractivity contribution < 1.29 is 5.11 Å². The van der Waals surface area contributed by atoms with E-state index < -0.39 is 0 Å². The quantitative estimate of drug-likeness (QED) is 0.575. The number of fused-ring (bicyclic) bond motifs is 1. The number of anilines is 2. The number of aromatic nitrogens is 2. The van der Waals surface area contributed by atoms with Gasteiger partial charge in [0.2, 0.25) is 5.95 Å². The second-order valence-corrected chi connectivity index (χ2v) is 5.90. The first-order valence-electron chi connectivity index (χ1n) is 6.93. The van der Waals surface area contributed by atoms with Gasteiger partial charge in [0.1, 0.15) is 10.6 Å². The summed E-state index contributed by atoms with van der Waals surface area (Å²) in [4.78, 5) is 12.0. The van der Waals surface area contributed by atoms with Crippen molar-refractivity contribution in [2.75, 3.05) is 23.5 Å². The van der Waals surface area contributed by atoms with E-state index in [1.54, 1.807) is 11.3 Å². The van der Waals surface area contributed by atoms with Crippen molar-refractivity contribution in [2.24, 2.45) is 5.84 Å². The zero-order chi connectivity index (χ0) is 13.9.